The predicted molar refractivity (Wildman–Crippen MR) is 84.3 cm³/mol. The fourth-order valence-corrected chi connectivity index (χ4v) is 4.61. The third-order valence-corrected chi connectivity index (χ3v) is 5.89. The van der Waals surface area contributed by atoms with Gasteiger partial charge in [0.1, 0.15) is 0 Å². The average molecular weight is 294 g/mol. The summed E-state index contributed by atoms with van der Waals surface area (Å²) in [5.41, 5.74) is 0. The molecule has 1 aliphatic carbocycles. The lowest BCUT2D eigenvalue weighted by atomic mass is 9.71. The minimum Gasteiger partial charge on any atom is -0.481 e. The van der Waals surface area contributed by atoms with Crippen molar-refractivity contribution in [3.8, 4) is 0 Å². The monoisotopic (exact) mass is 294 g/mol. The van der Waals surface area contributed by atoms with Gasteiger partial charge in [-0.2, -0.15) is 0 Å². The van der Waals surface area contributed by atoms with E-state index in [0.717, 1.165) is 38.0 Å². The van der Waals surface area contributed by atoms with Crippen LogP contribution < -0.4 is 0 Å². The Labute approximate surface area is 126 Å². The van der Waals surface area contributed by atoms with Crippen LogP contribution in [0.2, 0.25) is 0 Å². The van der Waals surface area contributed by atoms with Crippen LogP contribution in [0, 0.1) is 17.8 Å². The van der Waals surface area contributed by atoms with Crippen LogP contribution in [-0.2, 0) is 17.6 Å². The number of aliphatic carboxylic acids is 1. The summed E-state index contributed by atoms with van der Waals surface area (Å²) in [4.78, 5) is 14.3. The van der Waals surface area contributed by atoms with Gasteiger partial charge in [-0.1, -0.05) is 26.7 Å². The van der Waals surface area contributed by atoms with Gasteiger partial charge in [-0.3, -0.25) is 4.79 Å². The highest BCUT2D eigenvalue weighted by Gasteiger charge is 2.34. The Morgan fingerprint density at radius 1 is 1.30 bits per heavy atom. The molecule has 3 atom stereocenters. The van der Waals surface area contributed by atoms with E-state index in [1.54, 1.807) is 0 Å². The highest BCUT2D eigenvalue weighted by molar-refractivity contribution is 7.11. The second kappa shape index (κ2) is 7.26. The number of carboxylic acids is 1. The molecule has 1 aromatic rings. The summed E-state index contributed by atoms with van der Waals surface area (Å²) in [5, 5.41) is 9.46. The number of thiophene rings is 1. The van der Waals surface area contributed by atoms with Crippen LogP contribution in [0.4, 0.5) is 0 Å². The largest absolute Gasteiger partial charge is 0.481 e. The molecule has 1 saturated carbocycles. The van der Waals surface area contributed by atoms with Gasteiger partial charge in [0.2, 0.25) is 0 Å². The summed E-state index contributed by atoms with van der Waals surface area (Å²) in [6, 6.07) is 4.40. The zero-order valence-corrected chi connectivity index (χ0v) is 13.4. The molecule has 2 nitrogen and oxygen atoms in total. The standard InChI is InChI=1S/C17H26O2S/c1-3-5-12-6-9-16(17(18)19)13(10-12)11-15-8-7-14(4-2)20-15/h7-8,12-13,16H,3-6,9-11H2,1-2H3,(H,18,19). The summed E-state index contributed by atoms with van der Waals surface area (Å²) < 4.78 is 0. The second-order valence-corrected chi connectivity index (χ2v) is 7.35. The number of hydrogen-bond donors (Lipinski definition) is 1. The Balaban J connectivity index is 2.04. The maximum atomic E-state index is 11.5. The van der Waals surface area contributed by atoms with Crippen molar-refractivity contribution >= 4 is 17.3 Å². The lowest BCUT2D eigenvalue weighted by Gasteiger charge is -2.33. The Morgan fingerprint density at radius 3 is 2.65 bits per heavy atom. The molecule has 0 saturated heterocycles. The van der Waals surface area contributed by atoms with Gasteiger partial charge in [0.05, 0.1) is 5.92 Å². The van der Waals surface area contributed by atoms with Gasteiger partial charge in [0.15, 0.2) is 0 Å². The number of rotatable bonds is 6. The van der Waals surface area contributed by atoms with Crippen molar-refractivity contribution in [2.75, 3.05) is 0 Å². The minimum atomic E-state index is -0.586. The van der Waals surface area contributed by atoms with Crippen molar-refractivity contribution in [2.45, 2.75) is 58.8 Å². The first kappa shape index (κ1) is 15.6. The molecular weight excluding hydrogens is 268 g/mol. The maximum Gasteiger partial charge on any atom is 0.306 e. The maximum absolute atomic E-state index is 11.5. The lowest BCUT2D eigenvalue weighted by molar-refractivity contribution is -0.145. The van der Waals surface area contributed by atoms with E-state index >= 15 is 0 Å². The highest BCUT2D eigenvalue weighted by atomic mass is 32.1. The van der Waals surface area contributed by atoms with Crippen molar-refractivity contribution in [3.05, 3.63) is 21.9 Å². The van der Waals surface area contributed by atoms with E-state index in [1.165, 1.54) is 22.6 Å². The number of carboxylic acid groups (broad SMARTS) is 1. The van der Waals surface area contributed by atoms with Gasteiger partial charge in [-0.05, 0) is 56.1 Å². The normalized spacial score (nSPS) is 26.6. The van der Waals surface area contributed by atoms with Crippen molar-refractivity contribution in [1.29, 1.82) is 0 Å². The molecule has 0 radical (unpaired) electrons. The van der Waals surface area contributed by atoms with Gasteiger partial charge >= 0.3 is 5.97 Å². The van der Waals surface area contributed by atoms with Gasteiger partial charge in [0, 0.05) is 9.75 Å². The van der Waals surface area contributed by atoms with Crippen LogP contribution in [0.3, 0.4) is 0 Å². The second-order valence-electron chi connectivity index (χ2n) is 6.10. The molecule has 1 heterocycles. The molecule has 0 aromatic carbocycles. The number of aryl methyl sites for hydroxylation is 1. The van der Waals surface area contributed by atoms with Crippen molar-refractivity contribution < 1.29 is 9.90 Å². The SMILES string of the molecule is CCCC1CCC(C(=O)O)C(Cc2ccc(CC)s2)C1. The van der Waals surface area contributed by atoms with Crippen molar-refractivity contribution in [1.82, 2.24) is 0 Å². The molecule has 20 heavy (non-hydrogen) atoms. The van der Waals surface area contributed by atoms with Crippen LogP contribution in [0.15, 0.2) is 12.1 Å². The van der Waals surface area contributed by atoms with E-state index in [4.69, 9.17) is 0 Å². The Hall–Kier alpha value is -0.830. The molecule has 1 fully saturated rings. The fraction of sp³-hybridized carbons (Fsp3) is 0.706. The lowest BCUT2D eigenvalue weighted by Crippen LogP contribution is -2.31. The van der Waals surface area contributed by atoms with Crippen molar-refractivity contribution in [2.24, 2.45) is 17.8 Å². The molecule has 0 aliphatic heterocycles. The molecule has 0 spiro atoms. The van der Waals surface area contributed by atoms with Crippen LogP contribution in [0.1, 0.15) is 55.7 Å². The van der Waals surface area contributed by atoms with Crippen LogP contribution in [0.25, 0.3) is 0 Å². The Kier molecular flexibility index (Phi) is 5.64. The predicted octanol–water partition coefficient (Wildman–Crippen LogP) is 4.77. The van der Waals surface area contributed by atoms with Crippen molar-refractivity contribution in [3.63, 3.8) is 0 Å². The summed E-state index contributed by atoms with van der Waals surface area (Å²) in [6.07, 6.45) is 7.59. The van der Waals surface area contributed by atoms with E-state index in [2.05, 4.69) is 26.0 Å². The van der Waals surface area contributed by atoms with Crippen LogP contribution in [-0.4, -0.2) is 11.1 Å². The van der Waals surface area contributed by atoms with Crippen LogP contribution in [0.5, 0.6) is 0 Å². The summed E-state index contributed by atoms with van der Waals surface area (Å²) in [7, 11) is 0. The van der Waals surface area contributed by atoms with E-state index in [-0.39, 0.29) is 5.92 Å². The summed E-state index contributed by atoms with van der Waals surface area (Å²) in [6.45, 7) is 4.40. The molecule has 0 bridgehead atoms. The van der Waals surface area contributed by atoms with E-state index in [9.17, 15) is 9.90 Å². The quantitative estimate of drug-likeness (QED) is 0.820. The third-order valence-electron chi connectivity index (χ3n) is 4.63. The molecule has 1 aromatic heterocycles. The Bertz CT molecular complexity index is 438. The molecule has 112 valence electrons. The average Bonchev–Trinajstić information content (AvgIpc) is 2.87. The third kappa shape index (κ3) is 3.85. The van der Waals surface area contributed by atoms with E-state index in [0.29, 0.717) is 5.92 Å². The number of carbonyl (C=O) groups is 1. The smallest absolute Gasteiger partial charge is 0.306 e. The fourth-order valence-electron chi connectivity index (χ4n) is 3.56. The molecule has 2 rings (SSSR count). The minimum absolute atomic E-state index is 0.129. The number of hydrogen-bond acceptors (Lipinski definition) is 2. The van der Waals surface area contributed by atoms with Gasteiger partial charge < -0.3 is 5.11 Å². The topological polar surface area (TPSA) is 37.3 Å². The van der Waals surface area contributed by atoms with Gasteiger partial charge in [0.25, 0.3) is 0 Å². The first-order valence-electron chi connectivity index (χ1n) is 7.94. The molecule has 1 N–H and O–H groups in total. The molecule has 0 amide bonds. The zero-order valence-electron chi connectivity index (χ0n) is 12.6. The Morgan fingerprint density at radius 2 is 2.05 bits per heavy atom. The molecular formula is C17H26O2S. The molecule has 3 unspecified atom stereocenters. The van der Waals surface area contributed by atoms with Crippen LogP contribution >= 0.6 is 11.3 Å². The van der Waals surface area contributed by atoms with E-state index in [1.807, 2.05) is 11.3 Å². The summed E-state index contributed by atoms with van der Waals surface area (Å²) >= 11 is 1.86. The summed E-state index contributed by atoms with van der Waals surface area (Å²) in [5.74, 6) is 0.361. The molecule has 3 heteroatoms. The first-order chi connectivity index (χ1) is 9.63. The van der Waals surface area contributed by atoms with Gasteiger partial charge in [-0.25, -0.2) is 0 Å². The van der Waals surface area contributed by atoms with E-state index < -0.39 is 5.97 Å². The zero-order chi connectivity index (χ0) is 14.5. The molecule has 1 aliphatic rings. The highest BCUT2D eigenvalue weighted by Crippen LogP contribution is 2.39. The first-order valence-corrected chi connectivity index (χ1v) is 8.76. The van der Waals surface area contributed by atoms with Gasteiger partial charge in [-0.15, -0.1) is 11.3 Å².